The summed E-state index contributed by atoms with van der Waals surface area (Å²) in [7, 11) is 0. The van der Waals surface area contributed by atoms with Crippen molar-refractivity contribution < 1.29 is 4.74 Å². The van der Waals surface area contributed by atoms with Crippen LogP contribution >= 0.6 is 0 Å². The summed E-state index contributed by atoms with van der Waals surface area (Å²) in [6.07, 6.45) is 8.42. The zero-order chi connectivity index (χ0) is 13.4. The summed E-state index contributed by atoms with van der Waals surface area (Å²) >= 11 is 0. The van der Waals surface area contributed by atoms with Crippen LogP contribution in [0.2, 0.25) is 0 Å². The first-order valence-corrected chi connectivity index (χ1v) is 7.64. The molecule has 2 saturated heterocycles. The third-order valence-electron chi connectivity index (χ3n) is 4.54. The second-order valence-electron chi connectivity index (χ2n) is 6.07. The molecule has 3 heterocycles. The Bertz CT molecular complexity index is 601. The van der Waals surface area contributed by atoms with E-state index in [4.69, 9.17) is 4.74 Å². The fourth-order valence-electron chi connectivity index (χ4n) is 3.62. The maximum absolute atomic E-state index is 6.20. The molecule has 20 heavy (non-hydrogen) atoms. The van der Waals surface area contributed by atoms with Gasteiger partial charge in [-0.2, -0.15) is 0 Å². The first kappa shape index (κ1) is 12.2. The molecule has 2 fully saturated rings. The number of rotatable bonds is 2. The van der Waals surface area contributed by atoms with Crippen LogP contribution in [0.25, 0.3) is 10.9 Å². The van der Waals surface area contributed by atoms with Crippen molar-refractivity contribution in [2.45, 2.75) is 50.3 Å². The summed E-state index contributed by atoms with van der Waals surface area (Å²) < 4.78 is 6.20. The highest BCUT2D eigenvalue weighted by atomic mass is 16.5. The predicted octanol–water partition coefficient (Wildman–Crippen LogP) is 3.29. The van der Waals surface area contributed by atoms with Gasteiger partial charge in [-0.25, -0.2) is 0 Å². The molecule has 4 rings (SSSR count). The van der Waals surface area contributed by atoms with Crippen LogP contribution in [0.1, 0.15) is 32.1 Å². The number of pyridine rings is 1. The van der Waals surface area contributed by atoms with Gasteiger partial charge in [0.2, 0.25) is 0 Å². The molecule has 1 aromatic carbocycles. The zero-order valence-corrected chi connectivity index (χ0v) is 11.6. The predicted molar refractivity (Wildman–Crippen MR) is 80.0 cm³/mol. The van der Waals surface area contributed by atoms with Crippen molar-refractivity contribution in [2.24, 2.45) is 0 Å². The number of hydrogen-bond acceptors (Lipinski definition) is 3. The van der Waals surface area contributed by atoms with Crippen molar-refractivity contribution in [3.63, 3.8) is 0 Å². The fraction of sp³-hybridized carbons (Fsp3) is 0.471. The van der Waals surface area contributed by atoms with Gasteiger partial charge < -0.3 is 10.1 Å². The Kier molecular flexibility index (Phi) is 3.07. The van der Waals surface area contributed by atoms with Gasteiger partial charge in [0.25, 0.3) is 0 Å². The number of benzene rings is 1. The molecule has 104 valence electrons. The van der Waals surface area contributed by atoms with E-state index in [1.165, 1.54) is 19.3 Å². The molecule has 2 aliphatic heterocycles. The van der Waals surface area contributed by atoms with Gasteiger partial charge >= 0.3 is 0 Å². The molecule has 0 spiro atoms. The SMILES string of the molecule is c1ccc2ncc(OC3C[C@H]4CCC[C@@H](C3)N4)cc2c1. The molecular formula is C17H20N2O. The van der Waals surface area contributed by atoms with Gasteiger partial charge in [0, 0.05) is 17.5 Å². The van der Waals surface area contributed by atoms with Crippen molar-refractivity contribution in [3.8, 4) is 5.75 Å². The van der Waals surface area contributed by atoms with Crippen LogP contribution in [-0.2, 0) is 0 Å². The first-order chi connectivity index (χ1) is 9.87. The highest BCUT2D eigenvalue weighted by molar-refractivity contribution is 5.79. The molecular weight excluding hydrogens is 248 g/mol. The van der Waals surface area contributed by atoms with Gasteiger partial charge in [-0.05, 0) is 37.8 Å². The van der Waals surface area contributed by atoms with Crippen LogP contribution in [0.5, 0.6) is 5.75 Å². The molecule has 0 radical (unpaired) electrons. The monoisotopic (exact) mass is 268 g/mol. The van der Waals surface area contributed by atoms with Crippen molar-refractivity contribution in [1.82, 2.24) is 10.3 Å². The quantitative estimate of drug-likeness (QED) is 0.907. The van der Waals surface area contributed by atoms with Crippen LogP contribution in [0.4, 0.5) is 0 Å². The third-order valence-corrected chi connectivity index (χ3v) is 4.54. The van der Waals surface area contributed by atoms with Crippen LogP contribution in [-0.4, -0.2) is 23.2 Å². The molecule has 3 heteroatoms. The molecule has 0 aliphatic carbocycles. The van der Waals surface area contributed by atoms with Gasteiger partial charge in [-0.15, -0.1) is 0 Å². The minimum absolute atomic E-state index is 0.342. The summed E-state index contributed by atoms with van der Waals surface area (Å²) in [5.41, 5.74) is 1.03. The van der Waals surface area contributed by atoms with Crippen molar-refractivity contribution in [3.05, 3.63) is 36.5 Å². The summed E-state index contributed by atoms with van der Waals surface area (Å²) in [6.45, 7) is 0. The van der Waals surface area contributed by atoms with Gasteiger partial charge in [0.1, 0.15) is 11.9 Å². The highest BCUT2D eigenvalue weighted by Crippen LogP contribution is 2.29. The van der Waals surface area contributed by atoms with Crippen LogP contribution in [0.15, 0.2) is 36.5 Å². The lowest BCUT2D eigenvalue weighted by Gasteiger charge is -2.40. The van der Waals surface area contributed by atoms with E-state index < -0.39 is 0 Å². The Hall–Kier alpha value is -1.61. The van der Waals surface area contributed by atoms with Crippen molar-refractivity contribution in [1.29, 1.82) is 0 Å². The molecule has 2 aromatic rings. The number of fused-ring (bicyclic) bond motifs is 3. The molecule has 3 nitrogen and oxygen atoms in total. The minimum Gasteiger partial charge on any atom is -0.489 e. The lowest BCUT2D eigenvalue weighted by Crippen LogP contribution is -2.51. The number of nitrogens with one attached hydrogen (secondary N) is 1. The Morgan fingerprint density at radius 2 is 1.90 bits per heavy atom. The summed E-state index contributed by atoms with van der Waals surface area (Å²) in [5.74, 6) is 0.911. The number of para-hydroxylation sites is 1. The topological polar surface area (TPSA) is 34.1 Å². The van der Waals surface area contributed by atoms with Gasteiger partial charge in [0.05, 0.1) is 11.7 Å². The van der Waals surface area contributed by atoms with Crippen LogP contribution in [0, 0.1) is 0 Å². The Morgan fingerprint density at radius 3 is 2.75 bits per heavy atom. The summed E-state index contributed by atoms with van der Waals surface area (Å²) in [6, 6.07) is 11.6. The number of piperidine rings is 2. The lowest BCUT2D eigenvalue weighted by molar-refractivity contribution is 0.0926. The first-order valence-electron chi connectivity index (χ1n) is 7.64. The van der Waals surface area contributed by atoms with E-state index in [0.717, 1.165) is 29.5 Å². The van der Waals surface area contributed by atoms with E-state index in [1.807, 2.05) is 24.4 Å². The van der Waals surface area contributed by atoms with Crippen LogP contribution in [0.3, 0.4) is 0 Å². The molecule has 0 amide bonds. The Morgan fingerprint density at radius 1 is 1.10 bits per heavy atom. The lowest BCUT2D eigenvalue weighted by atomic mass is 9.85. The van der Waals surface area contributed by atoms with Crippen molar-refractivity contribution in [2.75, 3.05) is 0 Å². The number of nitrogens with zero attached hydrogens (tertiary/aromatic N) is 1. The van der Waals surface area contributed by atoms with E-state index in [-0.39, 0.29) is 0 Å². The van der Waals surface area contributed by atoms with E-state index >= 15 is 0 Å². The van der Waals surface area contributed by atoms with Gasteiger partial charge in [-0.1, -0.05) is 24.6 Å². The van der Waals surface area contributed by atoms with Gasteiger partial charge in [0.15, 0.2) is 0 Å². The van der Waals surface area contributed by atoms with E-state index in [9.17, 15) is 0 Å². The Labute approximate surface area is 119 Å². The average molecular weight is 268 g/mol. The largest absolute Gasteiger partial charge is 0.489 e. The third kappa shape index (κ3) is 2.38. The smallest absolute Gasteiger partial charge is 0.138 e. The van der Waals surface area contributed by atoms with E-state index in [2.05, 4.69) is 22.4 Å². The average Bonchev–Trinajstić information content (AvgIpc) is 2.47. The maximum atomic E-state index is 6.20. The second kappa shape index (κ2) is 5.06. The normalized spacial score (nSPS) is 29.3. The Balaban J connectivity index is 1.52. The fourth-order valence-corrected chi connectivity index (χ4v) is 3.62. The number of ether oxygens (including phenoxy) is 1. The van der Waals surface area contributed by atoms with Gasteiger partial charge in [-0.3, -0.25) is 4.98 Å². The van der Waals surface area contributed by atoms with E-state index in [1.54, 1.807) is 0 Å². The molecule has 0 saturated carbocycles. The molecule has 2 aliphatic rings. The number of aromatic nitrogens is 1. The molecule has 1 unspecified atom stereocenters. The maximum Gasteiger partial charge on any atom is 0.138 e. The zero-order valence-electron chi connectivity index (χ0n) is 11.6. The molecule has 1 N–H and O–H groups in total. The molecule has 1 aromatic heterocycles. The standard InChI is InChI=1S/C17H20N2O/c1-2-7-17-12(4-1)8-16(11-18-17)20-15-9-13-5-3-6-14(10-15)19-13/h1-2,4,7-8,11,13-15,19H,3,5-6,9-10H2/t13-,14+,15?. The molecule has 2 bridgehead atoms. The second-order valence-corrected chi connectivity index (χ2v) is 6.07. The highest BCUT2D eigenvalue weighted by Gasteiger charge is 2.32. The minimum atomic E-state index is 0.342. The summed E-state index contributed by atoms with van der Waals surface area (Å²) in [4.78, 5) is 4.48. The molecule has 3 atom stereocenters. The van der Waals surface area contributed by atoms with Crippen molar-refractivity contribution >= 4 is 10.9 Å². The number of hydrogen-bond donors (Lipinski definition) is 1. The van der Waals surface area contributed by atoms with Crippen LogP contribution < -0.4 is 10.1 Å². The summed E-state index contributed by atoms with van der Waals surface area (Å²) in [5, 5.41) is 4.85. The van der Waals surface area contributed by atoms with E-state index in [0.29, 0.717) is 18.2 Å².